The van der Waals surface area contributed by atoms with Crippen molar-refractivity contribution in [1.29, 1.82) is 0 Å². The first-order valence-electron chi connectivity index (χ1n) is 9.31. The maximum atomic E-state index is 11.4. The lowest BCUT2D eigenvalue weighted by atomic mass is 9.76. The zero-order valence-corrected chi connectivity index (χ0v) is 15.7. The molecule has 1 fully saturated rings. The summed E-state index contributed by atoms with van der Waals surface area (Å²) in [5.74, 6) is 0. The molecule has 0 spiro atoms. The molecule has 1 saturated heterocycles. The minimum atomic E-state index is -0.939. The molecule has 142 valence electrons. The predicted octanol–water partition coefficient (Wildman–Crippen LogP) is 4.81. The highest BCUT2D eigenvalue weighted by Crippen LogP contribution is 2.51. The second kappa shape index (κ2) is 7.09. The van der Waals surface area contributed by atoms with E-state index >= 15 is 0 Å². The second-order valence-electron chi connectivity index (χ2n) is 7.43. The highest BCUT2D eigenvalue weighted by molar-refractivity contribution is 5.56. The van der Waals surface area contributed by atoms with Crippen LogP contribution < -0.4 is 5.06 Å². The van der Waals surface area contributed by atoms with E-state index in [1.54, 1.807) is 0 Å². The van der Waals surface area contributed by atoms with Gasteiger partial charge in [-0.25, -0.2) is 5.06 Å². The third kappa shape index (κ3) is 3.14. The minimum Gasteiger partial charge on any atom is -0.264 e. The number of rotatable bonds is 5. The van der Waals surface area contributed by atoms with Gasteiger partial charge in [0.25, 0.3) is 0 Å². The number of hydrogen-bond acceptors (Lipinski definition) is 4. The van der Waals surface area contributed by atoms with Gasteiger partial charge in [-0.15, -0.1) is 0 Å². The fourth-order valence-electron chi connectivity index (χ4n) is 4.17. The Bertz CT molecular complexity index is 908. The van der Waals surface area contributed by atoms with Gasteiger partial charge in [0.05, 0.1) is 5.69 Å². The van der Waals surface area contributed by atoms with Gasteiger partial charge in [-0.2, -0.15) is 0 Å². The van der Waals surface area contributed by atoms with Gasteiger partial charge in [-0.3, -0.25) is 15.0 Å². The fraction of sp³-hybridized carbons (Fsp3) is 0.217. The van der Waals surface area contributed by atoms with Crippen LogP contribution in [0.15, 0.2) is 91.0 Å². The van der Waals surface area contributed by atoms with Crippen molar-refractivity contribution in [3.8, 4) is 0 Å². The Morgan fingerprint density at radius 1 is 0.893 bits per heavy atom. The van der Waals surface area contributed by atoms with Crippen molar-refractivity contribution in [2.24, 2.45) is 0 Å². The van der Waals surface area contributed by atoms with Crippen LogP contribution in [0.25, 0.3) is 0 Å². The first-order chi connectivity index (χ1) is 13.5. The van der Waals surface area contributed by atoms with Crippen molar-refractivity contribution in [1.82, 2.24) is 0 Å². The predicted molar refractivity (Wildman–Crippen MR) is 109 cm³/mol. The molecule has 0 aliphatic carbocycles. The van der Waals surface area contributed by atoms with Gasteiger partial charge in [0.15, 0.2) is 5.60 Å². The van der Waals surface area contributed by atoms with E-state index in [1.165, 1.54) is 0 Å². The van der Waals surface area contributed by atoms with Crippen LogP contribution in [-0.2, 0) is 10.4 Å². The number of nitro groups is 1. The van der Waals surface area contributed by atoms with Crippen molar-refractivity contribution in [3.05, 3.63) is 112 Å². The van der Waals surface area contributed by atoms with Crippen LogP contribution >= 0.6 is 0 Å². The first kappa shape index (κ1) is 18.2. The van der Waals surface area contributed by atoms with Crippen LogP contribution in [0.5, 0.6) is 0 Å². The van der Waals surface area contributed by atoms with Crippen LogP contribution in [0.4, 0.5) is 5.69 Å². The molecular weight excluding hydrogens is 352 g/mol. The van der Waals surface area contributed by atoms with E-state index in [1.807, 2.05) is 78.7 Å². The molecule has 1 atom stereocenters. The maximum Gasteiger partial charge on any atom is 0.234 e. The van der Waals surface area contributed by atoms with E-state index in [2.05, 4.69) is 24.3 Å². The molecule has 1 aliphatic heterocycles. The van der Waals surface area contributed by atoms with Crippen molar-refractivity contribution in [2.75, 3.05) is 11.6 Å². The van der Waals surface area contributed by atoms with Crippen LogP contribution in [0.2, 0.25) is 0 Å². The fourth-order valence-corrected chi connectivity index (χ4v) is 4.17. The molecule has 0 amide bonds. The van der Waals surface area contributed by atoms with Crippen molar-refractivity contribution < 1.29 is 9.76 Å². The summed E-state index contributed by atoms with van der Waals surface area (Å²) < 4.78 is 0. The van der Waals surface area contributed by atoms with Crippen LogP contribution in [0.1, 0.15) is 24.5 Å². The Kier molecular flexibility index (Phi) is 4.61. The zero-order chi connectivity index (χ0) is 19.6. The molecule has 5 heteroatoms. The summed E-state index contributed by atoms with van der Waals surface area (Å²) in [4.78, 5) is 17.5. The van der Waals surface area contributed by atoms with E-state index in [-0.39, 0.29) is 11.5 Å². The number of benzene rings is 3. The molecule has 0 bridgehead atoms. The summed E-state index contributed by atoms with van der Waals surface area (Å²) in [7, 11) is 0. The number of anilines is 1. The Hall–Kier alpha value is -3.18. The third-order valence-electron chi connectivity index (χ3n) is 5.25. The number of nitrogens with zero attached hydrogens (tertiary/aromatic N) is 2. The molecule has 0 N–H and O–H groups in total. The zero-order valence-electron chi connectivity index (χ0n) is 15.7. The summed E-state index contributed by atoms with van der Waals surface area (Å²) >= 11 is 0. The van der Waals surface area contributed by atoms with Gasteiger partial charge in [0, 0.05) is 11.3 Å². The standard InChI is InChI=1S/C23H22N2O3/c1-22(18-24(26)27)17-23(19-11-5-2-6-12-19,20-13-7-3-8-14-20)25(28-22)21-15-9-4-10-16-21/h2-16H,17-18H2,1H3. The summed E-state index contributed by atoms with van der Waals surface area (Å²) in [5, 5.41) is 13.3. The average Bonchev–Trinajstić information content (AvgIpc) is 3.03. The van der Waals surface area contributed by atoms with Crippen LogP contribution in [0.3, 0.4) is 0 Å². The molecule has 0 radical (unpaired) electrons. The smallest absolute Gasteiger partial charge is 0.234 e. The quantitative estimate of drug-likeness (QED) is 0.475. The van der Waals surface area contributed by atoms with Crippen molar-refractivity contribution in [3.63, 3.8) is 0 Å². The molecule has 3 aromatic carbocycles. The molecule has 1 aliphatic rings. The summed E-state index contributed by atoms with van der Waals surface area (Å²) in [5.41, 5.74) is 1.33. The highest BCUT2D eigenvalue weighted by atomic mass is 16.7. The third-order valence-corrected chi connectivity index (χ3v) is 5.25. The van der Waals surface area contributed by atoms with Crippen molar-refractivity contribution >= 4 is 5.69 Å². The van der Waals surface area contributed by atoms with Crippen LogP contribution in [-0.4, -0.2) is 17.1 Å². The van der Waals surface area contributed by atoms with Gasteiger partial charge in [-0.05, 0) is 30.2 Å². The monoisotopic (exact) mass is 374 g/mol. The van der Waals surface area contributed by atoms with E-state index < -0.39 is 11.1 Å². The Morgan fingerprint density at radius 3 is 1.82 bits per heavy atom. The van der Waals surface area contributed by atoms with Gasteiger partial charge in [-0.1, -0.05) is 78.9 Å². The second-order valence-corrected chi connectivity index (χ2v) is 7.43. The highest BCUT2D eigenvalue weighted by Gasteiger charge is 2.57. The van der Waals surface area contributed by atoms with E-state index in [0.717, 1.165) is 16.8 Å². The van der Waals surface area contributed by atoms with E-state index in [4.69, 9.17) is 4.84 Å². The lowest BCUT2D eigenvalue weighted by molar-refractivity contribution is -0.499. The molecule has 0 saturated carbocycles. The first-order valence-corrected chi connectivity index (χ1v) is 9.31. The molecule has 3 aromatic rings. The van der Waals surface area contributed by atoms with Gasteiger partial charge in [0.1, 0.15) is 5.54 Å². The number of hydroxylamine groups is 1. The molecule has 1 heterocycles. The summed E-state index contributed by atoms with van der Waals surface area (Å²) in [6.07, 6.45) is 0.462. The Labute approximate surface area is 164 Å². The average molecular weight is 374 g/mol. The SMILES string of the molecule is CC1(C[N+](=O)[O-])CC(c2ccccc2)(c2ccccc2)N(c2ccccc2)O1. The molecule has 28 heavy (non-hydrogen) atoms. The summed E-state index contributed by atoms with van der Waals surface area (Å²) in [6, 6.07) is 29.9. The molecule has 0 aromatic heterocycles. The minimum absolute atomic E-state index is 0.266. The molecule has 4 rings (SSSR count). The summed E-state index contributed by atoms with van der Waals surface area (Å²) in [6.45, 7) is 1.55. The van der Waals surface area contributed by atoms with Crippen LogP contribution in [0, 0.1) is 10.1 Å². The lowest BCUT2D eigenvalue weighted by Gasteiger charge is -2.38. The van der Waals surface area contributed by atoms with E-state index in [0.29, 0.717) is 6.42 Å². The maximum absolute atomic E-state index is 11.4. The largest absolute Gasteiger partial charge is 0.264 e. The van der Waals surface area contributed by atoms with E-state index in [9.17, 15) is 10.1 Å². The number of hydrogen-bond donors (Lipinski definition) is 0. The molecule has 5 nitrogen and oxygen atoms in total. The normalized spacial score (nSPS) is 20.8. The van der Waals surface area contributed by atoms with Crippen molar-refractivity contribution in [2.45, 2.75) is 24.5 Å². The molecule has 1 unspecified atom stereocenters. The molecular formula is C23H22N2O3. The topological polar surface area (TPSA) is 55.6 Å². The Balaban J connectivity index is 1.96. The number of para-hydroxylation sites is 1. The Morgan fingerprint density at radius 2 is 1.36 bits per heavy atom. The van der Waals surface area contributed by atoms with Gasteiger partial charge < -0.3 is 0 Å². The van der Waals surface area contributed by atoms with Gasteiger partial charge >= 0.3 is 0 Å². The van der Waals surface area contributed by atoms with Gasteiger partial charge in [0.2, 0.25) is 6.54 Å². The lowest BCUT2D eigenvalue weighted by Crippen LogP contribution is -2.41.